The smallest absolute Gasteiger partial charge is 0.311 e. The van der Waals surface area contributed by atoms with E-state index in [4.69, 9.17) is 9.72 Å². The summed E-state index contributed by atoms with van der Waals surface area (Å²) in [5.74, 6) is -0.169. The van der Waals surface area contributed by atoms with Gasteiger partial charge in [-0.15, -0.1) is 11.3 Å². The predicted molar refractivity (Wildman–Crippen MR) is 78.1 cm³/mol. The van der Waals surface area contributed by atoms with Crippen LogP contribution in [0.15, 0.2) is 5.38 Å². The van der Waals surface area contributed by atoms with Gasteiger partial charge in [0.1, 0.15) is 0 Å². The fourth-order valence-electron chi connectivity index (χ4n) is 2.69. The third kappa shape index (κ3) is 2.33. The zero-order valence-electron chi connectivity index (χ0n) is 11.9. The molecule has 0 fully saturated rings. The third-order valence-corrected chi connectivity index (χ3v) is 4.60. The van der Waals surface area contributed by atoms with Gasteiger partial charge < -0.3 is 4.74 Å². The molecule has 0 spiro atoms. The maximum absolute atomic E-state index is 11.7. The first kappa shape index (κ1) is 13.6. The van der Waals surface area contributed by atoms with E-state index in [0.717, 1.165) is 36.7 Å². The molecule has 0 radical (unpaired) electrons. The second-order valence-electron chi connectivity index (χ2n) is 4.95. The number of rotatable bonds is 4. The highest BCUT2D eigenvalue weighted by molar-refractivity contribution is 7.15. The lowest BCUT2D eigenvalue weighted by Crippen LogP contribution is -2.31. The van der Waals surface area contributed by atoms with Crippen molar-refractivity contribution >= 4 is 22.3 Å². The number of imidazole rings is 1. The van der Waals surface area contributed by atoms with Crippen molar-refractivity contribution in [3.05, 3.63) is 22.5 Å². The van der Waals surface area contributed by atoms with Crippen LogP contribution in [0.1, 0.15) is 30.9 Å². The van der Waals surface area contributed by atoms with Crippen molar-refractivity contribution in [2.45, 2.75) is 33.2 Å². The van der Waals surface area contributed by atoms with E-state index in [-0.39, 0.29) is 5.97 Å². The number of nitrogens with zero attached hydrogens (tertiary/aromatic N) is 3. The van der Waals surface area contributed by atoms with E-state index >= 15 is 0 Å². The fraction of sp³-hybridized carbons (Fsp3) is 0.571. The molecule has 1 aliphatic heterocycles. The van der Waals surface area contributed by atoms with Crippen LogP contribution in [0.2, 0.25) is 0 Å². The zero-order chi connectivity index (χ0) is 14.1. The summed E-state index contributed by atoms with van der Waals surface area (Å²) < 4.78 is 7.20. The summed E-state index contributed by atoms with van der Waals surface area (Å²) in [7, 11) is 0. The van der Waals surface area contributed by atoms with Crippen LogP contribution < -0.4 is 0 Å². The Kier molecular flexibility index (Phi) is 3.76. The normalized spacial score (nSPS) is 15.5. The lowest BCUT2D eigenvalue weighted by atomic mass is 10.1. The number of fused-ring (bicyclic) bond motifs is 3. The highest BCUT2D eigenvalue weighted by Gasteiger charge is 2.23. The topological polar surface area (TPSA) is 46.8 Å². The second-order valence-corrected chi connectivity index (χ2v) is 5.79. The maximum atomic E-state index is 11.7. The molecular weight excluding hydrogens is 274 g/mol. The molecule has 1 aliphatic rings. The van der Waals surface area contributed by atoms with Crippen LogP contribution in [-0.2, 0) is 28.9 Å². The maximum Gasteiger partial charge on any atom is 0.311 e. The average Bonchev–Trinajstić information content (AvgIpc) is 2.98. The molecule has 0 amide bonds. The van der Waals surface area contributed by atoms with Crippen molar-refractivity contribution in [3.8, 4) is 0 Å². The van der Waals surface area contributed by atoms with E-state index in [1.807, 2.05) is 12.3 Å². The molecule has 2 aromatic rings. The van der Waals surface area contributed by atoms with Crippen molar-refractivity contribution in [3.63, 3.8) is 0 Å². The lowest BCUT2D eigenvalue weighted by Gasteiger charge is -2.25. The van der Waals surface area contributed by atoms with Crippen LogP contribution in [0.4, 0.5) is 0 Å². The van der Waals surface area contributed by atoms with E-state index in [0.29, 0.717) is 13.0 Å². The van der Waals surface area contributed by atoms with Crippen molar-refractivity contribution in [2.75, 3.05) is 19.7 Å². The molecule has 3 rings (SSSR count). The Balaban J connectivity index is 1.94. The number of carbonyl (C=O) groups is 1. The number of hydrogen-bond acceptors (Lipinski definition) is 5. The lowest BCUT2D eigenvalue weighted by molar-refractivity contribution is -0.142. The van der Waals surface area contributed by atoms with Crippen molar-refractivity contribution in [1.29, 1.82) is 0 Å². The van der Waals surface area contributed by atoms with Crippen LogP contribution >= 0.6 is 11.3 Å². The van der Waals surface area contributed by atoms with Gasteiger partial charge in [-0.1, -0.05) is 6.92 Å². The number of hydrogen-bond donors (Lipinski definition) is 0. The Morgan fingerprint density at radius 1 is 1.50 bits per heavy atom. The molecule has 2 aromatic heterocycles. The number of aromatic nitrogens is 2. The molecule has 0 aromatic carbocycles. The highest BCUT2D eigenvalue weighted by Crippen LogP contribution is 2.26. The van der Waals surface area contributed by atoms with E-state index in [9.17, 15) is 4.79 Å². The molecule has 0 aliphatic carbocycles. The second kappa shape index (κ2) is 5.54. The van der Waals surface area contributed by atoms with Crippen LogP contribution in [0, 0.1) is 0 Å². The van der Waals surface area contributed by atoms with E-state index in [1.165, 1.54) is 11.4 Å². The first-order valence-electron chi connectivity index (χ1n) is 7.07. The molecule has 0 saturated carbocycles. The molecule has 5 nitrogen and oxygen atoms in total. The van der Waals surface area contributed by atoms with Crippen molar-refractivity contribution < 1.29 is 9.53 Å². The molecule has 0 atom stereocenters. The van der Waals surface area contributed by atoms with E-state index in [1.54, 1.807) is 11.3 Å². The van der Waals surface area contributed by atoms with Crippen molar-refractivity contribution in [2.24, 2.45) is 0 Å². The van der Waals surface area contributed by atoms with E-state index in [2.05, 4.69) is 16.2 Å². The molecule has 0 saturated heterocycles. The number of carbonyl (C=O) groups excluding carboxylic acids is 1. The minimum atomic E-state index is -0.169. The summed E-state index contributed by atoms with van der Waals surface area (Å²) in [5.41, 5.74) is 3.43. The van der Waals surface area contributed by atoms with Gasteiger partial charge in [0.15, 0.2) is 4.96 Å². The Hall–Kier alpha value is -1.40. The molecular formula is C14H19N3O2S. The van der Waals surface area contributed by atoms with Gasteiger partial charge in [0.25, 0.3) is 0 Å². The molecule has 0 unspecified atom stereocenters. The van der Waals surface area contributed by atoms with Gasteiger partial charge in [-0.05, 0) is 13.5 Å². The average molecular weight is 293 g/mol. The number of esters is 1. The minimum Gasteiger partial charge on any atom is -0.466 e. The SMILES string of the molecule is CCOC(=O)Cc1csc2nc3c(n12)CN(CC)CC3. The van der Waals surface area contributed by atoms with Gasteiger partial charge in [0.2, 0.25) is 0 Å². The Morgan fingerprint density at radius 2 is 2.35 bits per heavy atom. The van der Waals surface area contributed by atoms with Crippen LogP contribution in [0.5, 0.6) is 0 Å². The summed E-state index contributed by atoms with van der Waals surface area (Å²) in [6.07, 6.45) is 1.32. The number of likely N-dealkylation sites (N-methyl/N-ethyl adjacent to an activating group) is 1. The van der Waals surface area contributed by atoms with Gasteiger partial charge in [0.05, 0.1) is 24.4 Å². The molecule has 3 heterocycles. The fourth-order valence-corrected chi connectivity index (χ4v) is 3.62. The quantitative estimate of drug-likeness (QED) is 0.808. The van der Waals surface area contributed by atoms with Crippen LogP contribution in [0.25, 0.3) is 4.96 Å². The summed E-state index contributed by atoms with van der Waals surface area (Å²) in [6.45, 7) is 7.47. The first-order chi connectivity index (χ1) is 9.72. The van der Waals surface area contributed by atoms with Crippen LogP contribution in [0.3, 0.4) is 0 Å². The zero-order valence-corrected chi connectivity index (χ0v) is 12.7. The van der Waals surface area contributed by atoms with Gasteiger partial charge in [-0.25, -0.2) is 4.98 Å². The highest BCUT2D eigenvalue weighted by atomic mass is 32.1. The standard InChI is InChI=1S/C14H19N3O2S/c1-3-16-6-5-11-12(8-16)17-10(7-13(18)19-4-2)9-20-14(17)15-11/h9H,3-8H2,1-2H3. The molecule has 20 heavy (non-hydrogen) atoms. The van der Waals surface area contributed by atoms with Gasteiger partial charge in [-0.3, -0.25) is 14.1 Å². The third-order valence-electron chi connectivity index (χ3n) is 3.73. The van der Waals surface area contributed by atoms with Gasteiger partial charge in [-0.2, -0.15) is 0 Å². The molecule has 0 N–H and O–H groups in total. The monoisotopic (exact) mass is 293 g/mol. The number of ether oxygens (including phenoxy) is 1. The first-order valence-corrected chi connectivity index (χ1v) is 7.95. The van der Waals surface area contributed by atoms with Crippen molar-refractivity contribution in [1.82, 2.24) is 14.3 Å². The van der Waals surface area contributed by atoms with Crippen LogP contribution in [-0.4, -0.2) is 40.0 Å². The molecule has 108 valence electrons. The predicted octanol–water partition coefficient (Wildman–Crippen LogP) is 1.88. The molecule has 6 heteroatoms. The Labute approximate surface area is 122 Å². The Morgan fingerprint density at radius 3 is 3.10 bits per heavy atom. The molecule has 0 bridgehead atoms. The number of thiazole rings is 1. The Bertz CT molecular complexity index is 632. The summed E-state index contributed by atoms with van der Waals surface area (Å²) >= 11 is 1.60. The summed E-state index contributed by atoms with van der Waals surface area (Å²) in [5, 5.41) is 2.02. The summed E-state index contributed by atoms with van der Waals surface area (Å²) in [6, 6.07) is 0. The largest absolute Gasteiger partial charge is 0.466 e. The summed E-state index contributed by atoms with van der Waals surface area (Å²) in [4.78, 5) is 19.8. The van der Waals surface area contributed by atoms with E-state index < -0.39 is 0 Å². The minimum absolute atomic E-state index is 0.169. The van der Waals surface area contributed by atoms with Gasteiger partial charge in [0, 0.05) is 30.6 Å². The van der Waals surface area contributed by atoms with Gasteiger partial charge >= 0.3 is 5.97 Å².